The van der Waals surface area contributed by atoms with Crippen LogP contribution in [-0.4, -0.2) is 27.4 Å². The number of aryl methyl sites for hydroxylation is 1. The lowest BCUT2D eigenvalue weighted by atomic mass is 9.96. The van der Waals surface area contributed by atoms with Gasteiger partial charge in [0.2, 0.25) is 5.91 Å². The summed E-state index contributed by atoms with van der Waals surface area (Å²) in [5.74, 6) is 0.518. The molecule has 0 fully saturated rings. The molecule has 1 amide bonds. The SMILES string of the molecule is CC[C@@H](CNC(=O)Cc1c(C)nc(-c2cccnc2)[nH]c1=O)c1ccccc1. The first kappa shape index (κ1) is 19.5. The highest BCUT2D eigenvalue weighted by molar-refractivity contribution is 5.78. The molecule has 2 heterocycles. The van der Waals surface area contributed by atoms with Crippen LogP contribution in [0, 0.1) is 6.92 Å². The predicted octanol–water partition coefficient (Wildman–Crippen LogP) is 2.99. The van der Waals surface area contributed by atoms with E-state index in [1.54, 1.807) is 25.4 Å². The quantitative estimate of drug-likeness (QED) is 0.664. The Balaban J connectivity index is 1.68. The highest BCUT2D eigenvalue weighted by Gasteiger charge is 2.15. The number of carbonyl (C=O) groups excluding carboxylic acids is 1. The number of aromatic nitrogens is 3. The van der Waals surface area contributed by atoms with Gasteiger partial charge in [-0.3, -0.25) is 14.6 Å². The van der Waals surface area contributed by atoms with Gasteiger partial charge in [0, 0.05) is 41.7 Å². The molecule has 3 aromatic rings. The molecule has 3 rings (SSSR count). The number of carbonyl (C=O) groups is 1. The zero-order valence-corrected chi connectivity index (χ0v) is 16.1. The van der Waals surface area contributed by atoms with Gasteiger partial charge in [-0.1, -0.05) is 37.3 Å². The van der Waals surface area contributed by atoms with E-state index >= 15 is 0 Å². The van der Waals surface area contributed by atoms with Gasteiger partial charge in [0.1, 0.15) is 5.82 Å². The van der Waals surface area contributed by atoms with Gasteiger partial charge in [-0.25, -0.2) is 4.98 Å². The Hall–Kier alpha value is -3.28. The molecule has 1 aromatic carbocycles. The molecule has 0 unspecified atom stereocenters. The van der Waals surface area contributed by atoms with Crippen molar-refractivity contribution in [3.8, 4) is 11.4 Å². The van der Waals surface area contributed by atoms with Crippen LogP contribution >= 0.6 is 0 Å². The Morgan fingerprint density at radius 1 is 1.18 bits per heavy atom. The number of pyridine rings is 1. The Bertz CT molecular complexity index is 984. The molecule has 28 heavy (non-hydrogen) atoms. The molecular weight excluding hydrogens is 352 g/mol. The lowest BCUT2D eigenvalue weighted by Gasteiger charge is -2.16. The summed E-state index contributed by atoms with van der Waals surface area (Å²) in [4.78, 5) is 36.1. The second-order valence-electron chi connectivity index (χ2n) is 6.72. The van der Waals surface area contributed by atoms with Crippen LogP contribution in [0.25, 0.3) is 11.4 Å². The maximum atomic E-state index is 12.5. The van der Waals surface area contributed by atoms with E-state index < -0.39 is 0 Å². The van der Waals surface area contributed by atoms with Crippen LogP contribution in [0.5, 0.6) is 0 Å². The Morgan fingerprint density at radius 3 is 2.61 bits per heavy atom. The minimum atomic E-state index is -0.295. The molecule has 0 aliphatic heterocycles. The molecule has 2 N–H and O–H groups in total. The molecule has 0 saturated heterocycles. The number of benzene rings is 1. The molecule has 2 aromatic heterocycles. The van der Waals surface area contributed by atoms with Crippen molar-refractivity contribution in [2.24, 2.45) is 0 Å². The van der Waals surface area contributed by atoms with Crippen LogP contribution in [-0.2, 0) is 11.2 Å². The van der Waals surface area contributed by atoms with Gasteiger partial charge < -0.3 is 10.3 Å². The third kappa shape index (κ3) is 4.71. The molecule has 144 valence electrons. The van der Waals surface area contributed by atoms with E-state index in [9.17, 15) is 9.59 Å². The molecule has 0 saturated carbocycles. The van der Waals surface area contributed by atoms with Gasteiger partial charge in [-0.15, -0.1) is 0 Å². The van der Waals surface area contributed by atoms with E-state index in [0.717, 1.165) is 12.0 Å². The van der Waals surface area contributed by atoms with Crippen molar-refractivity contribution in [1.82, 2.24) is 20.3 Å². The highest BCUT2D eigenvalue weighted by Crippen LogP contribution is 2.18. The van der Waals surface area contributed by atoms with E-state index in [1.165, 1.54) is 5.56 Å². The smallest absolute Gasteiger partial charge is 0.255 e. The van der Waals surface area contributed by atoms with Gasteiger partial charge in [-0.05, 0) is 31.0 Å². The van der Waals surface area contributed by atoms with Gasteiger partial charge in [0.15, 0.2) is 0 Å². The Morgan fingerprint density at radius 2 is 1.96 bits per heavy atom. The summed E-state index contributed by atoms with van der Waals surface area (Å²) in [5.41, 5.74) is 2.57. The molecule has 0 aliphatic carbocycles. The topological polar surface area (TPSA) is 87.7 Å². The fraction of sp³-hybridized carbons (Fsp3) is 0.273. The predicted molar refractivity (Wildman–Crippen MR) is 109 cm³/mol. The summed E-state index contributed by atoms with van der Waals surface area (Å²) in [6, 6.07) is 13.7. The zero-order chi connectivity index (χ0) is 19.9. The summed E-state index contributed by atoms with van der Waals surface area (Å²) < 4.78 is 0. The van der Waals surface area contributed by atoms with E-state index in [0.29, 0.717) is 23.6 Å². The second-order valence-corrected chi connectivity index (χ2v) is 6.72. The van der Waals surface area contributed by atoms with Crippen LogP contribution in [0.15, 0.2) is 59.7 Å². The van der Waals surface area contributed by atoms with E-state index in [1.807, 2.05) is 24.3 Å². The summed E-state index contributed by atoms with van der Waals surface area (Å²) >= 11 is 0. The van der Waals surface area contributed by atoms with E-state index in [4.69, 9.17) is 0 Å². The zero-order valence-electron chi connectivity index (χ0n) is 16.1. The van der Waals surface area contributed by atoms with Gasteiger partial charge >= 0.3 is 0 Å². The summed E-state index contributed by atoms with van der Waals surface area (Å²) in [5, 5.41) is 2.95. The molecule has 6 heteroatoms. The van der Waals surface area contributed by atoms with E-state index in [-0.39, 0.29) is 23.8 Å². The number of H-pyrrole nitrogens is 1. The van der Waals surface area contributed by atoms with Crippen molar-refractivity contribution in [2.45, 2.75) is 32.6 Å². The Labute approximate surface area is 164 Å². The third-order valence-corrected chi connectivity index (χ3v) is 4.80. The second kappa shape index (κ2) is 9.08. The lowest BCUT2D eigenvalue weighted by Crippen LogP contribution is -2.32. The van der Waals surface area contributed by atoms with Crippen molar-refractivity contribution in [3.63, 3.8) is 0 Å². The van der Waals surface area contributed by atoms with Crippen LogP contribution in [0.1, 0.15) is 36.1 Å². The van der Waals surface area contributed by atoms with Gasteiger partial charge in [0.05, 0.1) is 6.42 Å². The fourth-order valence-electron chi connectivity index (χ4n) is 3.14. The normalized spacial score (nSPS) is 11.8. The number of amides is 1. The molecule has 0 bridgehead atoms. The molecule has 0 spiro atoms. The first-order valence-corrected chi connectivity index (χ1v) is 9.40. The molecule has 1 atom stereocenters. The first-order valence-electron chi connectivity index (χ1n) is 9.40. The number of nitrogens with one attached hydrogen (secondary N) is 2. The van der Waals surface area contributed by atoms with Crippen LogP contribution < -0.4 is 10.9 Å². The summed E-state index contributed by atoms with van der Waals surface area (Å²) in [6.45, 7) is 4.38. The maximum Gasteiger partial charge on any atom is 0.255 e. The standard InChI is InChI=1S/C22H24N4O2/c1-3-16(17-8-5-4-6-9-17)14-24-20(27)12-19-15(2)25-21(26-22(19)28)18-10-7-11-23-13-18/h4-11,13,16H,3,12,14H2,1-2H3,(H,24,27)(H,25,26,28)/t16-/m0/s1. The van der Waals surface area contributed by atoms with E-state index in [2.05, 4.69) is 39.3 Å². The van der Waals surface area contributed by atoms with Crippen LogP contribution in [0.3, 0.4) is 0 Å². The minimum absolute atomic E-state index is 0.00666. The van der Waals surface area contributed by atoms with Crippen molar-refractivity contribution in [2.75, 3.05) is 6.54 Å². The average molecular weight is 376 g/mol. The van der Waals surface area contributed by atoms with Gasteiger partial charge in [0.25, 0.3) is 5.56 Å². The number of hydrogen-bond donors (Lipinski definition) is 2. The van der Waals surface area contributed by atoms with Crippen molar-refractivity contribution in [3.05, 3.63) is 82.0 Å². The molecule has 0 aliphatic rings. The van der Waals surface area contributed by atoms with Gasteiger partial charge in [-0.2, -0.15) is 0 Å². The lowest BCUT2D eigenvalue weighted by molar-refractivity contribution is -0.120. The maximum absolute atomic E-state index is 12.5. The molecular formula is C22H24N4O2. The summed E-state index contributed by atoms with van der Waals surface area (Å²) in [7, 11) is 0. The van der Waals surface area contributed by atoms with Crippen molar-refractivity contribution < 1.29 is 4.79 Å². The number of hydrogen-bond acceptors (Lipinski definition) is 4. The van der Waals surface area contributed by atoms with Crippen molar-refractivity contribution in [1.29, 1.82) is 0 Å². The highest BCUT2D eigenvalue weighted by atomic mass is 16.2. The summed E-state index contributed by atoms with van der Waals surface area (Å²) in [6.07, 6.45) is 4.22. The fourth-order valence-corrected chi connectivity index (χ4v) is 3.14. The third-order valence-electron chi connectivity index (χ3n) is 4.80. The first-order chi connectivity index (χ1) is 13.6. The number of rotatable bonds is 7. The average Bonchev–Trinajstić information content (AvgIpc) is 2.72. The monoisotopic (exact) mass is 376 g/mol. The largest absolute Gasteiger partial charge is 0.355 e. The Kier molecular flexibility index (Phi) is 6.32. The molecule has 0 radical (unpaired) electrons. The number of aromatic amines is 1. The molecule has 6 nitrogen and oxygen atoms in total. The van der Waals surface area contributed by atoms with Crippen LogP contribution in [0.2, 0.25) is 0 Å². The minimum Gasteiger partial charge on any atom is -0.355 e. The van der Waals surface area contributed by atoms with Crippen LogP contribution in [0.4, 0.5) is 0 Å². The van der Waals surface area contributed by atoms with Crippen molar-refractivity contribution >= 4 is 5.91 Å². The number of nitrogens with zero attached hydrogens (tertiary/aromatic N) is 2.